The largest absolute Gasteiger partial charge is 0.508 e. The van der Waals surface area contributed by atoms with Crippen LogP contribution in [0.4, 0.5) is 5.69 Å². The van der Waals surface area contributed by atoms with Gasteiger partial charge < -0.3 is 36.6 Å². The van der Waals surface area contributed by atoms with Crippen LogP contribution in [0.1, 0.15) is 17.5 Å². The minimum Gasteiger partial charge on any atom is -0.508 e. The lowest BCUT2D eigenvalue weighted by Gasteiger charge is -2.50. The van der Waals surface area contributed by atoms with E-state index in [9.17, 15) is 39.6 Å². The predicted octanol–water partition coefficient (Wildman–Crippen LogP) is -0.342. The third kappa shape index (κ3) is 3.84. The van der Waals surface area contributed by atoms with Gasteiger partial charge in [0, 0.05) is 11.5 Å². The summed E-state index contributed by atoms with van der Waals surface area (Å²) in [7, 11) is 3.05. The summed E-state index contributed by atoms with van der Waals surface area (Å²) in [6.45, 7) is -0.510. The van der Waals surface area contributed by atoms with Crippen LogP contribution in [0.25, 0.3) is 5.76 Å². The first-order valence-electron chi connectivity index (χ1n) is 11.3. The summed E-state index contributed by atoms with van der Waals surface area (Å²) < 4.78 is 0. The van der Waals surface area contributed by atoms with Gasteiger partial charge in [0.1, 0.15) is 27.7 Å². The standard InChI is InChI=1S/C24H26BrN3O9/c1-28(2)16-10-6-9-5-8-3-4-12(27-23(36)11(25)7-29)17(30)13(8)18(31)14(9)20(33)24(10,37)21(34)15(19(16)32)22(26)35/h3-4,9-11,16,29-31,34,37H,5-7H2,1-2H3,(H2,26,35)(H,27,36)/t9?,10?,11?,16-,24?/m0/s1. The van der Waals surface area contributed by atoms with E-state index in [2.05, 4.69) is 21.2 Å². The van der Waals surface area contributed by atoms with Crippen LogP contribution in [-0.2, 0) is 25.6 Å². The minimum absolute atomic E-state index is 0.0211. The highest BCUT2D eigenvalue weighted by molar-refractivity contribution is 9.10. The van der Waals surface area contributed by atoms with Crippen LogP contribution in [-0.4, -0.2) is 91.0 Å². The first-order valence-corrected chi connectivity index (χ1v) is 12.2. The van der Waals surface area contributed by atoms with Gasteiger partial charge in [0.25, 0.3) is 5.91 Å². The molecule has 1 saturated carbocycles. The van der Waals surface area contributed by atoms with Crippen molar-refractivity contribution in [1.82, 2.24) is 4.90 Å². The molecule has 0 aromatic heterocycles. The number of carbonyl (C=O) groups excluding carboxylic acids is 4. The number of phenolic OH excluding ortho intramolecular Hbond substituents is 1. The Morgan fingerprint density at radius 3 is 2.46 bits per heavy atom. The number of aromatic hydroxyl groups is 1. The fourth-order valence-electron chi connectivity index (χ4n) is 5.61. The van der Waals surface area contributed by atoms with Crippen molar-refractivity contribution in [3.8, 4) is 5.75 Å². The second-order valence-corrected chi connectivity index (χ2v) is 10.7. The number of alkyl halides is 1. The Kier molecular flexibility index (Phi) is 6.69. The molecule has 1 fully saturated rings. The number of fused-ring (bicyclic) bond motifs is 3. The Morgan fingerprint density at radius 1 is 1.24 bits per heavy atom. The van der Waals surface area contributed by atoms with Crippen LogP contribution in [0.2, 0.25) is 0 Å². The summed E-state index contributed by atoms with van der Waals surface area (Å²) in [4.78, 5) is 51.5. The van der Waals surface area contributed by atoms with Gasteiger partial charge >= 0.3 is 0 Å². The van der Waals surface area contributed by atoms with Gasteiger partial charge in [-0.25, -0.2) is 0 Å². The molecule has 0 saturated heterocycles. The zero-order chi connectivity index (χ0) is 27.6. The van der Waals surface area contributed by atoms with Gasteiger partial charge in [-0.05, 0) is 44.5 Å². The van der Waals surface area contributed by atoms with E-state index in [1.165, 1.54) is 25.1 Å². The van der Waals surface area contributed by atoms with Crippen molar-refractivity contribution in [2.45, 2.75) is 29.3 Å². The normalized spacial score (nSPS) is 28.0. The van der Waals surface area contributed by atoms with E-state index in [1.54, 1.807) is 6.07 Å². The molecular formula is C24H26BrN3O9. The molecule has 5 atom stereocenters. The Bertz CT molecular complexity index is 1300. The Balaban J connectivity index is 1.87. The summed E-state index contributed by atoms with van der Waals surface area (Å²) >= 11 is 2.98. The number of hydrogen-bond acceptors (Lipinski definition) is 10. The number of primary amides is 1. The number of ketones is 2. The second-order valence-electron chi connectivity index (χ2n) is 9.60. The highest BCUT2D eigenvalue weighted by Crippen LogP contribution is 2.53. The number of amides is 2. The SMILES string of the molecule is CN(C)[C@@H]1C(=O)C(C(N)=O)=C(O)C2(O)C(=O)C3=C(O)c4c(ccc(NC(=O)C(Br)CO)c4O)CC3CC12. The number of likely N-dealkylation sites (N-methyl/N-ethyl adjacent to an activating group) is 1. The molecule has 8 N–H and O–H groups in total. The molecule has 37 heavy (non-hydrogen) atoms. The molecule has 0 radical (unpaired) electrons. The number of aliphatic hydroxyl groups is 4. The third-order valence-corrected chi connectivity index (χ3v) is 8.00. The molecule has 4 unspecified atom stereocenters. The third-order valence-electron chi connectivity index (χ3n) is 7.30. The molecule has 0 bridgehead atoms. The first-order chi connectivity index (χ1) is 17.3. The molecule has 198 valence electrons. The number of nitrogens with two attached hydrogens (primary N) is 1. The molecule has 0 heterocycles. The zero-order valence-electron chi connectivity index (χ0n) is 19.9. The average Bonchev–Trinajstić information content (AvgIpc) is 2.82. The molecule has 4 rings (SSSR count). The summed E-state index contributed by atoms with van der Waals surface area (Å²) in [5.41, 5.74) is 1.59. The van der Waals surface area contributed by atoms with E-state index < -0.39 is 81.1 Å². The van der Waals surface area contributed by atoms with Crippen molar-refractivity contribution >= 4 is 50.8 Å². The van der Waals surface area contributed by atoms with Gasteiger partial charge in [0.2, 0.25) is 11.7 Å². The molecule has 2 amide bonds. The van der Waals surface area contributed by atoms with Crippen molar-refractivity contribution in [3.63, 3.8) is 0 Å². The number of carbonyl (C=O) groups is 4. The van der Waals surface area contributed by atoms with Crippen LogP contribution in [0.15, 0.2) is 29.0 Å². The summed E-state index contributed by atoms with van der Waals surface area (Å²) in [6, 6.07) is 1.79. The number of benzene rings is 1. The number of phenols is 1. The van der Waals surface area contributed by atoms with Crippen molar-refractivity contribution in [1.29, 1.82) is 0 Å². The van der Waals surface area contributed by atoms with E-state index in [4.69, 9.17) is 10.8 Å². The van der Waals surface area contributed by atoms with E-state index in [1.807, 2.05) is 0 Å². The maximum absolute atomic E-state index is 13.8. The fraction of sp³-hybridized carbons (Fsp3) is 0.417. The van der Waals surface area contributed by atoms with Gasteiger partial charge in [-0.2, -0.15) is 0 Å². The number of hydrogen-bond donors (Lipinski definition) is 7. The number of nitrogens with one attached hydrogen (secondary N) is 1. The van der Waals surface area contributed by atoms with Crippen LogP contribution in [0.5, 0.6) is 5.75 Å². The summed E-state index contributed by atoms with van der Waals surface area (Å²) in [5, 5.41) is 56.0. The van der Waals surface area contributed by atoms with E-state index in [0.29, 0.717) is 5.56 Å². The van der Waals surface area contributed by atoms with E-state index in [0.717, 1.165) is 0 Å². The Morgan fingerprint density at radius 2 is 1.89 bits per heavy atom. The topological polar surface area (TPSA) is 211 Å². The molecule has 3 aliphatic rings. The van der Waals surface area contributed by atoms with Gasteiger partial charge in [-0.3, -0.25) is 24.1 Å². The van der Waals surface area contributed by atoms with Gasteiger partial charge in [0.15, 0.2) is 11.4 Å². The zero-order valence-corrected chi connectivity index (χ0v) is 21.4. The number of nitrogens with zero attached hydrogens (tertiary/aromatic N) is 1. The Hall–Kier alpha value is -3.26. The maximum Gasteiger partial charge on any atom is 0.255 e. The van der Waals surface area contributed by atoms with Crippen molar-refractivity contribution in [2.24, 2.45) is 17.6 Å². The Labute approximate surface area is 219 Å². The quantitative estimate of drug-likeness (QED) is 0.137. The first kappa shape index (κ1) is 26.8. The van der Waals surface area contributed by atoms with E-state index in [-0.39, 0.29) is 29.7 Å². The molecule has 1 aromatic carbocycles. The lowest BCUT2D eigenvalue weighted by atomic mass is 9.57. The maximum atomic E-state index is 13.8. The molecule has 12 nitrogen and oxygen atoms in total. The van der Waals surface area contributed by atoms with Crippen LogP contribution in [0, 0.1) is 11.8 Å². The van der Waals surface area contributed by atoms with Gasteiger partial charge in [-0.15, -0.1) is 0 Å². The van der Waals surface area contributed by atoms with Crippen molar-refractivity contribution < 1.29 is 44.7 Å². The predicted molar refractivity (Wildman–Crippen MR) is 133 cm³/mol. The molecule has 0 aliphatic heterocycles. The van der Waals surface area contributed by atoms with Crippen LogP contribution < -0.4 is 11.1 Å². The highest BCUT2D eigenvalue weighted by Gasteiger charge is 2.64. The van der Waals surface area contributed by atoms with Crippen molar-refractivity contribution in [2.75, 3.05) is 26.0 Å². The fourth-order valence-corrected chi connectivity index (χ4v) is 5.73. The summed E-state index contributed by atoms with van der Waals surface area (Å²) in [5.74, 6) is -8.15. The number of Topliss-reactive ketones (excluding diaryl/α,β-unsaturated/α-hetero) is 2. The molecule has 0 spiro atoms. The number of halogens is 1. The average molecular weight is 580 g/mol. The molecule has 1 aromatic rings. The molecular weight excluding hydrogens is 554 g/mol. The molecule has 3 aliphatic carbocycles. The van der Waals surface area contributed by atoms with Gasteiger partial charge in [-0.1, -0.05) is 22.0 Å². The number of anilines is 1. The lowest BCUT2D eigenvalue weighted by Crippen LogP contribution is -2.65. The number of rotatable bonds is 5. The smallest absolute Gasteiger partial charge is 0.255 e. The lowest BCUT2D eigenvalue weighted by molar-refractivity contribution is -0.153. The second kappa shape index (κ2) is 9.24. The van der Waals surface area contributed by atoms with Crippen molar-refractivity contribution in [3.05, 3.63) is 40.2 Å². The van der Waals surface area contributed by atoms with E-state index >= 15 is 0 Å². The monoisotopic (exact) mass is 579 g/mol. The van der Waals surface area contributed by atoms with Crippen LogP contribution in [0.3, 0.4) is 0 Å². The summed E-state index contributed by atoms with van der Waals surface area (Å²) in [6.07, 6.45) is 0.112. The minimum atomic E-state index is -2.73. The number of aliphatic hydroxyl groups excluding tert-OH is 3. The van der Waals surface area contributed by atoms with Crippen LogP contribution >= 0.6 is 15.9 Å². The highest BCUT2D eigenvalue weighted by atomic mass is 79.9. The van der Waals surface area contributed by atoms with Gasteiger partial charge in [0.05, 0.1) is 23.9 Å². The molecule has 13 heteroatoms.